The summed E-state index contributed by atoms with van der Waals surface area (Å²) in [5.41, 5.74) is 2.90. The van der Waals surface area contributed by atoms with Gasteiger partial charge in [0.15, 0.2) is 0 Å². The van der Waals surface area contributed by atoms with Crippen molar-refractivity contribution in [3.05, 3.63) is 59.2 Å². The maximum absolute atomic E-state index is 13.9. The third-order valence-electron chi connectivity index (χ3n) is 4.51. The fourth-order valence-corrected chi connectivity index (χ4v) is 3.66. The van der Waals surface area contributed by atoms with Gasteiger partial charge in [-0.1, -0.05) is 35.1 Å². The highest BCUT2D eigenvalue weighted by atomic mass is 32.2. The van der Waals surface area contributed by atoms with E-state index in [1.165, 1.54) is 17.8 Å². The second-order valence-electron chi connectivity index (χ2n) is 6.73. The zero-order chi connectivity index (χ0) is 21.3. The second kappa shape index (κ2) is 8.23. The normalized spacial score (nSPS) is 12.2. The lowest BCUT2D eigenvalue weighted by atomic mass is 10.1. The first kappa shape index (κ1) is 20.0. The van der Waals surface area contributed by atoms with E-state index in [2.05, 4.69) is 25.7 Å². The second-order valence-corrected chi connectivity index (χ2v) is 8.04. The molecule has 0 N–H and O–H groups in total. The van der Waals surface area contributed by atoms with Gasteiger partial charge < -0.3 is 9.26 Å². The number of thioether (sulfide) groups is 1. The molecule has 0 fully saturated rings. The number of rotatable bonds is 6. The van der Waals surface area contributed by atoms with Crippen molar-refractivity contribution in [1.29, 1.82) is 0 Å². The van der Waals surface area contributed by atoms with Crippen molar-refractivity contribution in [1.82, 2.24) is 30.3 Å². The minimum atomic E-state index is -0.312. The van der Waals surface area contributed by atoms with Gasteiger partial charge in [0.25, 0.3) is 0 Å². The van der Waals surface area contributed by atoms with Crippen molar-refractivity contribution in [3.8, 4) is 22.8 Å². The molecular formula is C20H19FN6O2S. The smallest absolute Gasteiger partial charge is 0.240 e. The number of hydrogen-bond donors (Lipinski definition) is 0. The SMILES string of the molecule is COc1ccc(C)cc1-n1nnnc1SC(C)c1nc(-c2ccc(C)c(F)c2)no1. The Bertz CT molecular complexity index is 1190. The molecule has 0 saturated carbocycles. The van der Waals surface area contributed by atoms with Crippen LogP contribution in [0.1, 0.15) is 29.2 Å². The topological polar surface area (TPSA) is 91.8 Å². The minimum Gasteiger partial charge on any atom is -0.494 e. The van der Waals surface area contributed by atoms with E-state index in [1.54, 1.807) is 30.8 Å². The first-order valence-corrected chi connectivity index (χ1v) is 10.0. The van der Waals surface area contributed by atoms with Crippen LogP contribution in [0.2, 0.25) is 0 Å². The summed E-state index contributed by atoms with van der Waals surface area (Å²) in [5, 5.41) is 16.3. The number of aryl methyl sites for hydroxylation is 2. The van der Waals surface area contributed by atoms with Crippen LogP contribution < -0.4 is 4.74 Å². The highest BCUT2D eigenvalue weighted by Crippen LogP contribution is 2.35. The van der Waals surface area contributed by atoms with Crippen LogP contribution in [0.25, 0.3) is 17.1 Å². The van der Waals surface area contributed by atoms with Gasteiger partial charge in [-0.3, -0.25) is 0 Å². The van der Waals surface area contributed by atoms with E-state index in [0.717, 1.165) is 11.3 Å². The molecule has 8 nitrogen and oxygen atoms in total. The van der Waals surface area contributed by atoms with Crippen LogP contribution in [0.3, 0.4) is 0 Å². The van der Waals surface area contributed by atoms with Gasteiger partial charge in [-0.25, -0.2) is 4.39 Å². The molecule has 0 amide bonds. The molecule has 0 radical (unpaired) electrons. The van der Waals surface area contributed by atoms with Crippen LogP contribution in [-0.4, -0.2) is 37.5 Å². The minimum absolute atomic E-state index is 0.234. The number of hydrogen-bond acceptors (Lipinski definition) is 8. The molecule has 2 aromatic heterocycles. The van der Waals surface area contributed by atoms with E-state index < -0.39 is 0 Å². The molecule has 2 aromatic carbocycles. The molecule has 0 saturated heterocycles. The quantitative estimate of drug-likeness (QED) is 0.421. The van der Waals surface area contributed by atoms with Gasteiger partial charge in [-0.05, 0) is 60.5 Å². The van der Waals surface area contributed by atoms with Gasteiger partial charge >= 0.3 is 0 Å². The van der Waals surface area contributed by atoms with Crippen molar-refractivity contribution >= 4 is 11.8 Å². The molecule has 0 bridgehead atoms. The first-order valence-electron chi connectivity index (χ1n) is 9.16. The molecule has 1 atom stereocenters. The maximum atomic E-state index is 13.9. The molecule has 2 heterocycles. The Hall–Kier alpha value is -3.27. The van der Waals surface area contributed by atoms with E-state index in [-0.39, 0.29) is 11.1 Å². The number of benzene rings is 2. The summed E-state index contributed by atoms with van der Waals surface area (Å²) in [6, 6.07) is 10.6. The Morgan fingerprint density at radius 3 is 2.77 bits per heavy atom. The van der Waals surface area contributed by atoms with E-state index >= 15 is 0 Å². The van der Waals surface area contributed by atoms with Crippen molar-refractivity contribution in [2.45, 2.75) is 31.2 Å². The lowest BCUT2D eigenvalue weighted by Gasteiger charge is -2.11. The molecule has 1 unspecified atom stereocenters. The van der Waals surface area contributed by atoms with Gasteiger partial charge in [-0.15, -0.1) is 5.10 Å². The third kappa shape index (κ3) is 3.90. The van der Waals surface area contributed by atoms with Crippen LogP contribution >= 0.6 is 11.8 Å². The van der Waals surface area contributed by atoms with Gasteiger partial charge in [-0.2, -0.15) is 9.67 Å². The van der Waals surface area contributed by atoms with Crippen molar-refractivity contribution < 1.29 is 13.7 Å². The number of nitrogens with zero attached hydrogens (tertiary/aromatic N) is 6. The monoisotopic (exact) mass is 426 g/mol. The zero-order valence-corrected chi connectivity index (χ0v) is 17.6. The fraction of sp³-hybridized carbons (Fsp3) is 0.250. The summed E-state index contributed by atoms with van der Waals surface area (Å²) in [7, 11) is 1.60. The van der Waals surface area contributed by atoms with E-state index in [1.807, 2.05) is 32.0 Å². The molecule has 0 spiro atoms. The summed E-state index contributed by atoms with van der Waals surface area (Å²) in [5.74, 6) is 1.06. The van der Waals surface area contributed by atoms with Crippen molar-refractivity contribution in [2.75, 3.05) is 7.11 Å². The predicted molar refractivity (Wildman–Crippen MR) is 109 cm³/mol. The summed E-state index contributed by atoms with van der Waals surface area (Å²) in [4.78, 5) is 4.41. The number of methoxy groups -OCH3 is 1. The Morgan fingerprint density at radius 2 is 2.00 bits per heavy atom. The molecule has 0 aliphatic rings. The first-order chi connectivity index (χ1) is 14.5. The molecule has 4 rings (SSSR count). The van der Waals surface area contributed by atoms with E-state index in [0.29, 0.717) is 33.7 Å². The molecule has 0 aliphatic heterocycles. The van der Waals surface area contributed by atoms with Crippen LogP contribution in [0.5, 0.6) is 5.75 Å². The van der Waals surface area contributed by atoms with E-state index in [4.69, 9.17) is 9.26 Å². The van der Waals surface area contributed by atoms with Crippen LogP contribution in [0.4, 0.5) is 4.39 Å². The highest BCUT2D eigenvalue weighted by molar-refractivity contribution is 7.99. The summed E-state index contributed by atoms with van der Waals surface area (Å²) >= 11 is 1.36. The molecule has 4 aromatic rings. The van der Waals surface area contributed by atoms with Gasteiger partial charge in [0, 0.05) is 5.56 Å². The molecule has 0 aliphatic carbocycles. The van der Waals surface area contributed by atoms with Crippen molar-refractivity contribution in [3.63, 3.8) is 0 Å². The Balaban J connectivity index is 1.58. The van der Waals surface area contributed by atoms with Crippen LogP contribution in [-0.2, 0) is 0 Å². The largest absolute Gasteiger partial charge is 0.494 e. The van der Waals surface area contributed by atoms with Crippen LogP contribution in [0, 0.1) is 19.7 Å². The number of halogens is 1. The molecule has 154 valence electrons. The highest BCUT2D eigenvalue weighted by Gasteiger charge is 2.22. The summed E-state index contributed by atoms with van der Waals surface area (Å²) in [6.07, 6.45) is 0. The Labute approximate surface area is 176 Å². The van der Waals surface area contributed by atoms with Gasteiger partial charge in [0.2, 0.25) is 16.9 Å². The maximum Gasteiger partial charge on any atom is 0.240 e. The molecule has 10 heteroatoms. The standard InChI is InChI=1S/C20H19FN6O2S/c1-11-5-8-17(28-4)16(9-11)27-20(23-25-26-27)30-13(3)19-22-18(24-29-19)14-7-6-12(2)15(21)10-14/h5-10,13H,1-4H3. The van der Waals surface area contributed by atoms with E-state index in [9.17, 15) is 4.39 Å². The predicted octanol–water partition coefficient (Wildman–Crippen LogP) is 4.33. The molecular weight excluding hydrogens is 407 g/mol. The summed E-state index contributed by atoms with van der Waals surface area (Å²) < 4.78 is 26.3. The lowest BCUT2D eigenvalue weighted by Crippen LogP contribution is -2.03. The average Bonchev–Trinajstić information content (AvgIpc) is 3.40. The third-order valence-corrected chi connectivity index (χ3v) is 5.53. The van der Waals surface area contributed by atoms with Crippen molar-refractivity contribution in [2.24, 2.45) is 0 Å². The molecule has 30 heavy (non-hydrogen) atoms. The average molecular weight is 426 g/mol. The number of aromatic nitrogens is 6. The Kier molecular flexibility index (Phi) is 5.49. The summed E-state index contributed by atoms with van der Waals surface area (Å²) in [6.45, 7) is 5.59. The van der Waals surface area contributed by atoms with Crippen LogP contribution in [0.15, 0.2) is 46.1 Å². The number of tetrazole rings is 1. The lowest BCUT2D eigenvalue weighted by molar-refractivity contribution is 0.380. The van der Waals surface area contributed by atoms with Gasteiger partial charge in [0.05, 0.1) is 12.4 Å². The Morgan fingerprint density at radius 1 is 1.17 bits per heavy atom. The fourth-order valence-electron chi connectivity index (χ4n) is 2.83. The number of ether oxygens (including phenoxy) is 1. The zero-order valence-electron chi connectivity index (χ0n) is 16.8. The van der Waals surface area contributed by atoms with Gasteiger partial charge in [0.1, 0.15) is 17.3 Å².